The summed E-state index contributed by atoms with van der Waals surface area (Å²) in [5.41, 5.74) is -0.146. The van der Waals surface area contributed by atoms with Crippen molar-refractivity contribution in [2.75, 3.05) is 51.5 Å². The van der Waals surface area contributed by atoms with E-state index in [1.165, 1.54) is 25.3 Å². The fraction of sp³-hybridized carbons (Fsp3) is 0.440. The Morgan fingerprint density at radius 2 is 1.68 bits per heavy atom. The van der Waals surface area contributed by atoms with Crippen LogP contribution in [0.5, 0.6) is 0 Å². The number of rotatable bonds is 3. The van der Waals surface area contributed by atoms with Crippen LogP contribution in [0.1, 0.15) is 34.6 Å². The van der Waals surface area contributed by atoms with E-state index in [9.17, 15) is 18.4 Å². The summed E-state index contributed by atoms with van der Waals surface area (Å²) in [7, 11) is 1.17. The van der Waals surface area contributed by atoms with E-state index in [4.69, 9.17) is 37.8 Å². The lowest BCUT2D eigenvalue weighted by molar-refractivity contribution is 0.0594. The molecule has 210 valence electrons. The minimum atomic E-state index is -1.36. The average molecular weight is 642 g/mol. The van der Waals surface area contributed by atoms with Crippen LogP contribution in [0.4, 0.5) is 14.5 Å². The van der Waals surface area contributed by atoms with E-state index < -0.39 is 29.1 Å². The van der Waals surface area contributed by atoms with Crippen LogP contribution < -0.4 is 10.2 Å². The highest BCUT2D eigenvalue weighted by molar-refractivity contribution is 9.10. The molecular formula is C25H29BrCl2F2N2O6. The van der Waals surface area contributed by atoms with Gasteiger partial charge in [-0.25, -0.2) is 18.4 Å². The largest absolute Gasteiger partial charge is 0.478 e. The molecule has 13 heteroatoms. The molecular weight excluding hydrogens is 613 g/mol. The molecule has 2 N–H and O–H groups in total. The number of halogens is 5. The number of carbonyl (C=O) groups is 2. The molecule has 8 nitrogen and oxygen atoms in total. The molecule has 2 aromatic rings. The molecule has 2 aliphatic rings. The Balaban J connectivity index is 0.000000220. The van der Waals surface area contributed by atoms with E-state index in [0.717, 1.165) is 25.8 Å². The number of anilines is 1. The lowest BCUT2D eigenvalue weighted by Crippen LogP contribution is -2.43. The van der Waals surface area contributed by atoms with Gasteiger partial charge in [0.25, 0.3) is 0 Å². The number of carboxylic acids is 1. The topological polar surface area (TPSA) is 97.3 Å². The van der Waals surface area contributed by atoms with Crippen LogP contribution in [-0.4, -0.2) is 75.8 Å². The monoisotopic (exact) mass is 640 g/mol. The SMILES string of the molecule is COC(=O)c1c(F)cc(Br)cc1Cl.C[C@H]1COCCN1.C[C@H]1COCCN1c1cc(F)c(C(=O)O)c(Cl)c1. The van der Waals surface area contributed by atoms with Crippen molar-refractivity contribution in [1.29, 1.82) is 0 Å². The van der Waals surface area contributed by atoms with Gasteiger partial charge in [0.05, 0.1) is 43.6 Å². The molecule has 0 aromatic heterocycles. The fourth-order valence-electron chi connectivity index (χ4n) is 3.58. The number of hydrogen-bond acceptors (Lipinski definition) is 7. The summed E-state index contributed by atoms with van der Waals surface area (Å²) in [6.07, 6.45) is 0. The van der Waals surface area contributed by atoms with Crippen LogP contribution in [0, 0.1) is 11.6 Å². The summed E-state index contributed by atoms with van der Waals surface area (Å²) in [4.78, 5) is 23.8. The van der Waals surface area contributed by atoms with Crippen LogP contribution in [0.2, 0.25) is 10.0 Å². The summed E-state index contributed by atoms with van der Waals surface area (Å²) in [5, 5.41) is 12.0. The molecule has 2 heterocycles. The highest BCUT2D eigenvalue weighted by Crippen LogP contribution is 2.29. The predicted octanol–water partition coefficient (Wildman–Crippen LogP) is 5.43. The van der Waals surface area contributed by atoms with Gasteiger partial charge in [0.1, 0.15) is 22.8 Å². The number of benzene rings is 2. The second kappa shape index (κ2) is 15.5. The van der Waals surface area contributed by atoms with Gasteiger partial charge in [-0.15, -0.1) is 0 Å². The Morgan fingerprint density at radius 3 is 2.16 bits per heavy atom. The minimum absolute atomic E-state index is 0.0266. The smallest absolute Gasteiger partial charge is 0.342 e. The lowest BCUT2D eigenvalue weighted by atomic mass is 10.1. The summed E-state index contributed by atoms with van der Waals surface area (Å²) in [6, 6.07) is 5.93. The highest BCUT2D eigenvalue weighted by atomic mass is 79.9. The summed E-state index contributed by atoms with van der Waals surface area (Å²) >= 11 is 14.5. The summed E-state index contributed by atoms with van der Waals surface area (Å²) in [6.45, 7) is 8.59. The summed E-state index contributed by atoms with van der Waals surface area (Å²) in [5.74, 6) is -3.66. The molecule has 2 atom stereocenters. The Bertz CT molecular complexity index is 1080. The van der Waals surface area contributed by atoms with Gasteiger partial charge in [0.15, 0.2) is 0 Å². The number of carbonyl (C=O) groups excluding carboxylic acids is 1. The maximum Gasteiger partial charge on any atom is 0.342 e. The number of ether oxygens (including phenoxy) is 3. The third kappa shape index (κ3) is 9.32. The van der Waals surface area contributed by atoms with Crippen LogP contribution >= 0.6 is 39.1 Å². The zero-order chi connectivity index (χ0) is 28.4. The first kappa shape index (κ1) is 32.2. The van der Waals surface area contributed by atoms with E-state index in [-0.39, 0.29) is 21.7 Å². The van der Waals surface area contributed by atoms with Crippen molar-refractivity contribution >= 4 is 56.8 Å². The molecule has 0 amide bonds. The number of aromatic carboxylic acids is 1. The molecule has 0 bridgehead atoms. The van der Waals surface area contributed by atoms with E-state index in [0.29, 0.717) is 36.0 Å². The van der Waals surface area contributed by atoms with E-state index in [1.54, 1.807) is 0 Å². The maximum absolute atomic E-state index is 13.7. The van der Waals surface area contributed by atoms with Gasteiger partial charge in [-0.3, -0.25) is 0 Å². The van der Waals surface area contributed by atoms with Gasteiger partial charge in [-0.2, -0.15) is 0 Å². The number of esters is 1. The fourth-order valence-corrected chi connectivity index (χ4v) is 4.71. The predicted molar refractivity (Wildman–Crippen MR) is 145 cm³/mol. The highest BCUT2D eigenvalue weighted by Gasteiger charge is 2.23. The van der Waals surface area contributed by atoms with Gasteiger partial charge in [-0.1, -0.05) is 39.1 Å². The number of hydrogen-bond donors (Lipinski definition) is 2. The van der Waals surface area contributed by atoms with Crippen LogP contribution in [0.15, 0.2) is 28.7 Å². The van der Waals surface area contributed by atoms with Crippen LogP contribution in [0.3, 0.4) is 0 Å². The van der Waals surface area contributed by atoms with Crippen molar-refractivity contribution in [1.82, 2.24) is 5.32 Å². The van der Waals surface area contributed by atoms with Crippen molar-refractivity contribution < 1.29 is 37.7 Å². The van der Waals surface area contributed by atoms with Gasteiger partial charge in [-0.05, 0) is 38.1 Å². The van der Waals surface area contributed by atoms with Crippen LogP contribution in [0.25, 0.3) is 0 Å². The zero-order valence-electron chi connectivity index (χ0n) is 21.0. The minimum Gasteiger partial charge on any atom is -0.478 e. The maximum atomic E-state index is 13.7. The van der Waals surface area contributed by atoms with E-state index in [2.05, 4.69) is 32.9 Å². The first-order valence-electron chi connectivity index (χ1n) is 11.6. The third-order valence-corrected chi connectivity index (χ3v) is 6.50. The van der Waals surface area contributed by atoms with Crippen LogP contribution in [-0.2, 0) is 14.2 Å². The molecule has 2 aliphatic heterocycles. The molecule has 2 aromatic carbocycles. The number of morpholine rings is 2. The molecule has 0 radical (unpaired) electrons. The molecule has 0 spiro atoms. The Labute approximate surface area is 238 Å². The molecule has 2 fully saturated rings. The van der Waals surface area contributed by atoms with Crippen molar-refractivity contribution in [3.05, 3.63) is 61.5 Å². The quantitative estimate of drug-likeness (QED) is 0.429. The standard InChI is InChI=1S/C12H13ClFNO3.C8H5BrClFO2.C5H11NO/c1-7-6-18-3-2-15(7)8-4-9(13)11(12(16)17)10(14)5-8;1-13-8(12)7-5(10)2-4(9)3-6(7)11;1-5-4-7-3-2-6-5/h4-5,7H,2-3,6H2,1H3,(H,16,17);2-3H,1H3;5-6H,2-4H2,1H3/t7-;;5-/m0.0/s1. The second-order valence-electron chi connectivity index (χ2n) is 8.37. The number of nitrogens with zero attached hydrogens (tertiary/aromatic N) is 1. The number of methoxy groups -OCH3 is 1. The Morgan fingerprint density at radius 1 is 1.05 bits per heavy atom. The van der Waals surface area contributed by atoms with Crippen molar-refractivity contribution in [2.45, 2.75) is 25.9 Å². The molecule has 0 aliphatic carbocycles. The molecule has 4 rings (SSSR count). The lowest BCUT2D eigenvalue weighted by Gasteiger charge is -2.35. The summed E-state index contributed by atoms with van der Waals surface area (Å²) < 4.78 is 42.1. The second-order valence-corrected chi connectivity index (χ2v) is 10.1. The van der Waals surface area contributed by atoms with Gasteiger partial charge < -0.3 is 29.5 Å². The zero-order valence-corrected chi connectivity index (χ0v) is 24.1. The average Bonchev–Trinajstić information content (AvgIpc) is 2.84. The van der Waals surface area contributed by atoms with E-state index in [1.807, 2.05) is 11.8 Å². The van der Waals surface area contributed by atoms with Crippen molar-refractivity contribution in [3.8, 4) is 0 Å². The third-order valence-electron chi connectivity index (χ3n) is 5.44. The van der Waals surface area contributed by atoms with E-state index >= 15 is 0 Å². The molecule has 0 saturated carbocycles. The Kier molecular flexibility index (Phi) is 13.2. The first-order chi connectivity index (χ1) is 18.0. The molecule has 38 heavy (non-hydrogen) atoms. The van der Waals surface area contributed by atoms with Gasteiger partial charge in [0, 0.05) is 35.3 Å². The van der Waals surface area contributed by atoms with Gasteiger partial charge >= 0.3 is 11.9 Å². The number of carboxylic acid groups (broad SMARTS) is 1. The van der Waals surface area contributed by atoms with Gasteiger partial charge in [0.2, 0.25) is 0 Å². The molecule has 2 saturated heterocycles. The first-order valence-corrected chi connectivity index (χ1v) is 13.1. The Hall–Kier alpha value is -2.02. The van der Waals surface area contributed by atoms with Crippen molar-refractivity contribution in [3.63, 3.8) is 0 Å². The molecule has 0 unspecified atom stereocenters. The van der Waals surface area contributed by atoms with Crippen molar-refractivity contribution in [2.24, 2.45) is 0 Å². The normalized spacial score (nSPS) is 18.9. The number of nitrogens with one attached hydrogen (secondary N) is 1.